The van der Waals surface area contributed by atoms with Gasteiger partial charge in [0.15, 0.2) is 0 Å². The highest BCUT2D eigenvalue weighted by Crippen LogP contribution is 1.99. The van der Waals surface area contributed by atoms with Crippen LogP contribution in [0, 0.1) is 5.92 Å². The minimum absolute atomic E-state index is 0.149. The molecule has 0 aliphatic carbocycles. The Kier molecular flexibility index (Phi) is 9.60. The fourth-order valence-electron chi connectivity index (χ4n) is 1.23. The van der Waals surface area contributed by atoms with Crippen molar-refractivity contribution in [2.45, 2.75) is 19.9 Å². The first kappa shape index (κ1) is 17.5. The normalized spacial score (nSPS) is 13.8. The number of aliphatic hydroxyl groups excluding tert-OH is 2. The van der Waals surface area contributed by atoms with Crippen LogP contribution in [0.4, 0.5) is 0 Å². The third-order valence-electron chi connectivity index (χ3n) is 2.54. The Balaban J connectivity index is 4.25. The Morgan fingerprint density at radius 1 is 1.42 bits per heavy atom. The van der Waals surface area contributed by atoms with Crippen LogP contribution in [0.25, 0.3) is 0 Å². The first-order valence-electron chi connectivity index (χ1n) is 6.13. The topological polar surface area (TPSA) is 94.0 Å². The van der Waals surface area contributed by atoms with Gasteiger partial charge in [-0.2, -0.15) is 0 Å². The second kappa shape index (κ2) is 10.4. The summed E-state index contributed by atoms with van der Waals surface area (Å²) in [6.07, 6.45) is 4.89. The van der Waals surface area contributed by atoms with Crippen molar-refractivity contribution in [1.29, 1.82) is 0 Å². The van der Waals surface area contributed by atoms with Gasteiger partial charge in [-0.15, -0.1) is 0 Å². The van der Waals surface area contributed by atoms with E-state index < -0.39 is 6.04 Å². The second-order valence-electron chi connectivity index (χ2n) is 4.10. The largest absolute Gasteiger partial charge is 0.395 e. The Labute approximate surface area is 113 Å². The summed E-state index contributed by atoms with van der Waals surface area (Å²) in [6, 6.07) is -0.402. The third kappa shape index (κ3) is 7.50. The first-order chi connectivity index (χ1) is 9.08. The lowest BCUT2D eigenvalue weighted by Crippen LogP contribution is -2.42. The van der Waals surface area contributed by atoms with E-state index in [-0.39, 0.29) is 25.0 Å². The summed E-state index contributed by atoms with van der Waals surface area (Å²) in [5, 5.41) is 23.5. The van der Waals surface area contributed by atoms with Gasteiger partial charge in [0.1, 0.15) is 0 Å². The number of amides is 1. The van der Waals surface area contributed by atoms with E-state index in [4.69, 9.17) is 10.2 Å². The molecule has 0 fully saturated rings. The summed E-state index contributed by atoms with van der Waals surface area (Å²) in [5.41, 5.74) is 0.644. The molecule has 6 heteroatoms. The average Bonchev–Trinajstić information content (AvgIpc) is 2.43. The van der Waals surface area contributed by atoms with Crippen molar-refractivity contribution in [3.8, 4) is 0 Å². The fourth-order valence-corrected chi connectivity index (χ4v) is 1.23. The van der Waals surface area contributed by atoms with E-state index >= 15 is 0 Å². The second-order valence-corrected chi connectivity index (χ2v) is 4.10. The van der Waals surface area contributed by atoms with Gasteiger partial charge in [-0.05, 0) is 19.7 Å². The first-order valence-corrected chi connectivity index (χ1v) is 6.13. The Morgan fingerprint density at radius 2 is 2.05 bits per heavy atom. The molecule has 6 nitrogen and oxygen atoms in total. The predicted molar refractivity (Wildman–Crippen MR) is 75.7 cm³/mol. The van der Waals surface area contributed by atoms with Gasteiger partial charge >= 0.3 is 0 Å². The molecule has 0 rings (SSSR count). The Morgan fingerprint density at radius 3 is 2.53 bits per heavy atom. The standard InChI is InChI=1S/C13H23N3O3/c1-4-11(5-6-14-3)16-13(19)10(2)7-15-12(8-17)9-18/h4-6,10,12,15,17-18H,3,7-9H2,1-2H3,(H,16,19)/b6-5-,11-4+. The van der Waals surface area contributed by atoms with Crippen molar-refractivity contribution < 1.29 is 15.0 Å². The Bertz CT molecular complexity index is 336. The SMILES string of the molecule is C=N/C=C\C(=C/C)NC(=O)C(C)CNC(CO)CO. The minimum Gasteiger partial charge on any atom is -0.395 e. The van der Waals surface area contributed by atoms with E-state index in [2.05, 4.69) is 22.3 Å². The van der Waals surface area contributed by atoms with Crippen LogP contribution in [0.2, 0.25) is 0 Å². The smallest absolute Gasteiger partial charge is 0.228 e. The van der Waals surface area contributed by atoms with E-state index in [1.807, 2.05) is 0 Å². The third-order valence-corrected chi connectivity index (χ3v) is 2.54. The van der Waals surface area contributed by atoms with E-state index in [1.165, 1.54) is 6.20 Å². The van der Waals surface area contributed by atoms with E-state index in [9.17, 15) is 4.79 Å². The monoisotopic (exact) mass is 269 g/mol. The number of allylic oxidation sites excluding steroid dienone is 2. The molecule has 0 aliphatic heterocycles. The average molecular weight is 269 g/mol. The number of nitrogens with zero attached hydrogens (tertiary/aromatic N) is 1. The van der Waals surface area contributed by atoms with Crippen LogP contribution in [-0.2, 0) is 4.79 Å². The highest BCUT2D eigenvalue weighted by Gasteiger charge is 2.15. The minimum atomic E-state index is -0.402. The summed E-state index contributed by atoms with van der Waals surface area (Å²) in [6.45, 7) is 6.92. The van der Waals surface area contributed by atoms with Crippen molar-refractivity contribution in [2.75, 3.05) is 19.8 Å². The molecule has 0 aromatic carbocycles. The van der Waals surface area contributed by atoms with Gasteiger partial charge in [-0.25, -0.2) is 0 Å². The van der Waals surface area contributed by atoms with Crippen LogP contribution < -0.4 is 10.6 Å². The molecule has 0 aromatic heterocycles. The molecule has 0 aliphatic rings. The highest BCUT2D eigenvalue weighted by molar-refractivity contribution is 5.80. The van der Waals surface area contributed by atoms with Gasteiger partial charge in [0, 0.05) is 24.4 Å². The van der Waals surface area contributed by atoms with Crippen LogP contribution >= 0.6 is 0 Å². The van der Waals surface area contributed by atoms with Gasteiger partial charge in [0.2, 0.25) is 5.91 Å². The molecular formula is C13H23N3O3. The van der Waals surface area contributed by atoms with Gasteiger partial charge < -0.3 is 20.8 Å². The fraction of sp³-hybridized carbons (Fsp3) is 0.538. The molecule has 0 saturated heterocycles. The molecule has 0 aromatic rings. The molecule has 19 heavy (non-hydrogen) atoms. The number of aliphatic hydroxyl groups is 2. The van der Waals surface area contributed by atoms with E-state index in [1.54, 1.807) is 26.0 Å². The maximum atomic E-state index is 11.9. The molecule has 0 heterocycles. The molecule has 108 valence electrons. The molecule has 4 N–H and O–H groups in total. The number of nitrogens with one attached hydrogen (secondary N) is 2. The van der Waals surface area contributed by atoms with E-state index in [0.29, 0.717) is 12.2 Å². The van der Waals surface area contributed by atoms with Gasteiger partial charge in [-0.1, -0.05) is 13.0 Å². The zero-order chi connectivity index (χ0) is 14.7. The number of carbonyl (C=O) groups is 1. The maximum absolute atomic E-state index is 11.9. The number of carbonyl (C=O) groups excluding carboxylic acids is 1. The molecular weight excluding hydrogens is 246 g/mol. The van der Waals surface area contributed by atoms with Gasteiger partial charge in [0.25, 0.3) is 0 Å². The van der Waals surface area contributed by atoms with Crippen molar-refractivity contribution in [3.05, 3.63) is 24.0 Å². The van der Waals surface area contributed by atoms with Crippen LogP contribution in [0.3, 0.4) is 0 Å². The van der Waals surface area contributed by atoms with E-state index in [0.717, 1.165) is 0 Å². The maximum Gasteiger partial charge on any atom is 0.228 e. The van der Waals surface area contributed by atoms with Crippen molar-refractivity contribution in [3.63, 3.8) is 0 Å². The zero-order valence-corrected chi connectivity index (χ0v) is 11.5. The lowest BCUT2D eigenvalue weighted by atomic mass is 10.1. The summed E-state index contributed by atoms with van der Waals surface area (Å²) >= 11 is 0. The molecule has 0 radical (unpaired) electrons. The lowest BCUT2D eigenvalue weighted by molar-refractivity contribution is -0.123. The van der Waals surface area contributed by atoms with Crippen LogP contribution in [0.15, 0.2) is 29.0 Å². The quantitative estimate of drug-likeness (QED) is 0.344. The van der Waals surface area contributed by atoms with Crippen LogP contribution in [-0.4, -0.2) is 48.6 Å². The summed E-state index contributed by atoms with van der Waals surface area (Å²) in [7, 11) is 0. The molecule has 0 saturated carbocycles. The predicted octanol–water partition coefficient (Wildman–Crippen LogP) is -0.200. The van der Waals surface area contributed by atoms with Crippen molar-refractivity contribution >= 4 is 12.6 Å². The number of rotatable bonds is 9. The Hall–Kier alpha value is -1.50. The van der Waals surface area contributed by atoms with Crippen LogP contribution in [0.1, 0.15) is 13.8 Å². The molecule has 0 spiro atoms. The zero-order valence-electron chi connectivity index (χ0n) is 11.5. The molecule has 1 atom stereocenters. The number of aliphatic imine (C=N–C) groups is 1. The molecule has 0 bridgehead atoms. The summed E-state index contributed by atoms with van der Waals surface area (Å²) in [5.74, 6) is -0.440. The lowest BCUT2D eigenvalue weighted by Gasteiger charge is -2.17. The summed E-state index contributed by atoms with van der Waals surface area (Å²) < 4.78 is 0. The molecule has 1 unspecified atom stereocenters. The highest BCUT2D eigenvalue weighted by atomic mass is 16.3. The number of hydrogen-bond donors (Lipinski definition) is 4. The van der Waals surface area contributed by atoms with Gasteiger partial charge in [-0.3, -0.25) is 9.79 Å². The summed E-state index contributed by atoms with van der Waals surface area (Å²) in [4.78, 5) is 15.4. The van der Waals surface area contributed by atoms with Gasteiger partial charge in [0.05, 0.1) is 19.3 Å². The van der Waals surface area contributed by atoms with Crippen molar-refractivity contribution in [1.82, 2.24) is 10.6 Å². The van der Waals surface area contributed by atoms with Crippen molar-refractivity contribution in [2.24, 2.45) is 10.9 Å². The number of hydrogen-bond acceptors (Lipinski definition) is 5. The van der Waals surface area contributed by atoms with Crippen LogP contribution in [0.5, 0.6) is 0 Å². The molecule has 1 amide bonds.